The standard InChI is InChI=1S/C10H8BrN/c11-6-5-9-7-8-3-1-2-4-10(8)12-9/h1-7,12H/b6-5-. The summed E-state index contributed by atoms with van der Waals surface area (Å²) in [6, 6.07) is 10.4. The van der Waals surface area contributed by atoms with Crippen LogP contribution in [0, 0.1) is 0 Å². The first-order chi connectivity index (χ1) is 5.90. The highest BCUT2D eigenvalue weighted by atomic mass is 79.9. The molecule has 1 aromatic heterocycles. The fraction of sp³-hybridized carbons (Fsp3) is 0. The molecular formula is C10H8BrN. The van der Waals surface area contributed by atoms with Crippen molar-refractivity contribution in [3.8, 4) is 0 Å². The molecule has 0 atom stereocenters. The molecule has 12 heavy (non-hydrogen) atoms. The van der Waals surface area contributed by atoms with Crippen molar-refractivity contribution < 1.29 is 0 Å². The first kappa shape index (κ1) is 7.62. The van der Waals surface area contributed by atoms with Gasteiger partial charge in [-0.05, 0) is 28.6 Å². The number of hydrogen-bond donors (Lipinski definition) is 1. The van der Waals surface area contributed by atoms with Crippen LogP contribution in [0.3, 0.4) is 0 Å². The van der Waals surface area contributed by atoms with Crippen molar-refractivity contribution in [1.29, 1.82) is 0 Å². The first-order valence-electron chi connectivity index (χ1n) is 3.74. The minimum atomic E-state index is 1.12. The zero-order chi connectivity index (χ0) is 8.39. The Morgan fingerprint density at radius 2 is 2.08 bits per heavy atom. The number of nitrogens with one attached hydrogen (secondary N) is 1. The molecule has 1 nitrogen and oxygen atoms in total. The van der Waals surface area contributed by atoms with Gasteiger partial charge in [-0.3, -0.25) is 0 Å². The Morgan fingerprint density at radius 3 is 2.83 bits per heavy atom. The smallest absolute Gasteiger partial charge is 0.0458 e. The zero-order valence-electron chi connectivity index (χ0n) is 6.42. The molecule has 1 N–H and O–H groups in total. The average Bonchev–Trinajstić information content (AvgIpc) is 2.47. The monoisotopic (exact) mass is 221 g/mol. The largest absolute Gasteiger partial charge is 0.355 e. The van der Waals surface area contributed by atoms with Gasteiger partial charge in [0, 0.05) is 11.2 Å². The van der Waals surface area contributed by atoms with Gasteiger partial charge < -0.3 is 4.98 Å². The highest BCUT2D eigenvalue weighted by Gasteiger charge is 1.94. The van der Waals surface area contributed by atoms with Crippen LogP contribution in [-0.4, -0.2) is 4.98 Å². The predicted octanol–water partition coefficient (Wildman–Crippen LogP) is 3.53. The van der Waals surface area contributed by atoms with Crippen LogP contribution in [0.1, 0.15) is 5.69 Å². The second-order valence-electron chi connectivity index (χ2n) is 2.60. The van der Waals surface area contributed by atoms with Crippen molar-refractivity contribution in [2.75, 3.05) is 0 Å². The van der Waals surface area contributed by atoms with Gasteiger partial charge in [0.25, 0.3) is 0 Å². The van der Waals surface area contributed by atoms with Crippen LogP contribution in [-0.2, 0) is 0 Å². The molecular weight excluding hydrogens is 214 g/mol. The van der Waals surface area contributed by atoms with Gasteiger partial charge in [0.05, 0.1) is 0 Å². The van der Waals surface area contributed by atoms with Crippen LogP contribution in [0.25, 0.3) is 17.0 Å². The van der Waals surface area contributed by atoms with E-state index in [1.807, 2.05) is 23.2 Å². The molecule has 0 amide bonds. The van der Waals surface area contributed by atoms with E-state index in [0.29, 0.717) is 0 Å². The maximum Gasteiger partial charge on any atom is 0.0458 e. The van der Waals surface area contributed by atoms with Gasteiger partial charge in [0.1, 0.15) is 0 Å². The van der Waals surface area contributed by atoms with Gasteiger partial charge in [0.15, 0.2) is 0 Å². The Morgan fingerprint density at radius 1 is 1.25 bits per heavy atom. The normalized spacial score (nSPS) is 11.4. The molecule has 0 radical (unpaired) electrons. The molecule has 2 heteroatoms. The summed E-state index contributed by atoms with van der Waals surface area (Å²) < 4.78 is 0. The summed E-state index contributed by atoms with van der Waals surface area (Å²) in [5, 5.41) is 1.25. The van der Waals surface area contributed by atoms with Crippen molar-refractivity contribution in [2.45, 2.75) is 0 Å². The van der Waals surface area contributed by atoms with E-state index in [0.717, 1.165) is 5.69 Å². The summed E-state index contributed by atoms with van der Waals surface area (Å²) in [4.78, 5) is 5.12. The summed E-state index contributed by atoms with van der Waals surface area (Å²) in [5.41, 5.74) is 2.30. The lowest BCUT2D eigenvalue weighted by molar-refractivity contribution is 1.43. The number of halogens is 1. The molecule has 0 spiro atoms. The number of hydrogen-bond acceptors (Lipinski definition) is 0. The van der Waals surface area contributed by atoms with E-state index < -0.39 is 0 Å². The second kappa shape index (κ2) is 3.15. The van der Waals surface area contributed by atoms with Crippen LogP contribution < -0.4 is 0 Å². The van der Waals surface area contributed by atoms with Crippen LogP contribution >= 0.6 is 15.9 Å². The third kappa shape index (κ3) is 1.30. The Kier molecular flexibility index (Phi) is 2.00. The third-order valence-electron chi connectivity index (χ3n) is 1.79. The van der Waals surface area contributed by atoms with Crippen molar-refractivity contribution >= 4 is 32.9 Å². The first-order valence-corrected chi connectivity index (χ1v) is 4.66. The molecule has 2 rings (SSSR count). The van der Waals surface area contributed by atoms with Crippen LogP contribution in [0.2, 0.25) is 0 Å². The number of aromatic amines is 1. The number of rotatable bonds is 1. The number of aromatic nitrogens is 1. The maximum atomic E-state index is 3.28. The van der Waals surface area contributed by atoms with Gasteiger partial charge in [-0.1, -0.05) is 34.1 Å². The number of H-pyrrole nitrogens is 1. The molecule has 1 aromatic carbocycles. The minimum Gasteiger partial charge on any atom is -0.355 e. The van der Waals surface area contributed by atoms with Gasteiger partial charge in [-0.15, -0.1) is 0 Å². The van der Waals surface area contributed by atoms with E-state index in [4.69, 9.17) is 0 Å². The van der Waals surface area contributed by atoms with Gasteiger partial charge in [-0.25, -0.2) is 0 Å². The predicted molar refractivity (Wildman–Crippen MR) is 56.3 cm³/mol. The molecule has 0 aliphatic rings. The molecule has 0 unspecified atom stereocenters. The molecule has 60 valence electrons. The lowest BCUT2D eigenvalue weighted by atomic mass is 10.2. The maximum absolute atomic E-state index is 3.28. The van der Waals surface area contributed by atoms with Crippen molar-refractivity contribution in [3.05, 3.63) is 41.0 Å². The van der Waals surface area contributed by atoms with E-state index in [2.05, 4.69) is 39.1 Å². The quantitative estimate of drug-likeness (QED) is 0.759. The Balaban J connectivity index is 2.62. The lowest BCUT2D eigenvalue weighted by Gasteiger charge is -1.83. The van der Waals surface area contributed by atoms with Gasteiger partial charge in [-0.2, -0.15) is 0 Å². The molecule has 0 aliphatic carbocycles. The SMILES string of the molecule is Br/C=C\c1cc2ccccc2[nH]1. The average molecular weight is 222 g/mol. The molecule has 2 aromatic rings. The van der Waals surface area contributed by atoms with E-state index in [1.165, 1.54) is 10.9 Å². The number of benzene rings is 1. The molecule has 0 saturated carbocycles. The van der Waals surface area contributed by atoms with E-state index in [-0.39, 0.29) is 0 Å². The molecule has 0 bridgehead atoms. The fourth-order valence-corrected chi connectivity index (χ4v) is 1.54. The highest BCUT2D eigenvalue weighted by molar-refractivity contribution is 9.11. The van der Waals surface area contributed by atoms with Crippen LogP contribution in [0.15, 0.2) is 35.3 Å². The minimum absolute atomic E-state index is 1.12. The van der Waals surface area contributed by atoms with E-state index in [9.17, 15) is 0 Å². The van der Waals surface area contributed by atoms with Crippen molar-refractivity contribution in [2.24, 2.45) is 0 Å². The van der Waals surface area contributed by atoms with Crippen LogP contribution in [0.4, 0.5) is 0 Å². The fourth-order valence-electron chi connectivity index (χ4n) is 1.25. The molecule has 0 fully saturated rings. The molecule has 0 aliphatic heterocycles. The second-order valence-corrected chi connectivity index (χ2v) is 3.13. The summed E-state index contributed by atoms with van der Waals surface area (Å²) in [6.07, 6.45) is 1.99. The summed E-state index contributed by atoms with van der Waals surface area (Å²) >= 11 is 3.24. The van der Waals surface area contributed by atoms with Crippen molar-refractivity contribution in [1.82, 2.24) is 4.98 Å². The van der Waals surface area contributed by atoms with Gasteiger partial charge in [0.2, 0.25) is 0 Å². The zero-order valence-corrected chi connectivity index (χ0v) is 8.01. The highest BCUT2D eigenvalue weighted by Crippen LogP contribution is 2.15. The van der Waals surface area contributed by atoms with Gasteiger partial charge >= 0.3 is 0 Å². The summed E-state index contributed by atoms with van der Waals surface area (Å²) in [7, 11) is 0. The number of fused-ring (bicyclic) bond motifs is 1. The summed E-state index contributed by atoms with van der Waals surface area (Å²) in [6.45, 7) is 0. The van der Waals surface area contributed by atoms with E-state index in [1.54, 1.807) is 0 Å². The number of para-hydroxylation sites is 1. The van der Waals surface area contributed by atoms with Crippen LogP contribution in [0.5, 0.6) is 0 Å². The van der Waals surface area contributed by atoms with E-state index >= 15 is 0 Å². The summed E-state index contributed by atoms with van der Waals surface area (Å²) in [5.74, 6) is 0. The van der Waals surface area contributed by atoms with Crippen molar-refractivity contribution in [3.63, 3.8) is 0 Å². The third-order valence-corrected chi connectivity index (χ3v) is 2.06. The lowest BCUT2D eigenvalue weighted by Crippen LogP contribution is -1.66. The topological polar surface area (TPSA) is 15.8 Å². The molecule has 0 saturated heterocycles. The Hall–Kier alpha value is -1.02. The Labute approximate surface area is 79.2 Å². The Bertz CT molecular complexity index is 381. The molecule has 1 heterocycles.